The monoisotopic (exact) mass is 417 g/mol. The molecular formula is C26H31N3O2. The van der Waals surface area contributed by atoms with Crippen molar-refractivity contribution in [3.63, 3.8) is 0 Å². The fourth-order valence-electron chi connectivity index (χ4n) is 4.73. The Hall–Kier alpha value is -2.92. The minimum Gasteiger partial charge on any atom is -0.361 e. The average molecular weight is 418 g/mol. The maximum absolute atomic E-state index is 13.4. The van der Waals surface area contributed by atoms with Crippen molar-refractivity contribution in [2.24, 2.45) is 5.41 Å². The van der Waals surface area contributed by atoms with Crippen molar-refractivity contribution in [1.82, 2.24) is 15.0 Å². The van der Waals surface area contributed by atoms with Gasteiger partial charge in [0.1, 0.15) is 11.5 Å². The van der Waals surface area contributed by atoms with Crippen molar-refractivity contribution in [1.29, 1.82) is 0 Å². The van der Waals surface area contributed by atoms with Crippen LogP contribution in [0.15, 0.2) is 65.2 Å². The molecule has 1 aliphatic heterocycles. The smallest absolute Gasteiger partial charge is 0.230 e. The summed E-state index contributed by atoms with van der Waals surface area (Å²) in [5.74, 6) is 0.937. The molecule has 5 heteroatoms. The molecule has 1 amide bonds. The lowest BCUT2D eigenvalue weighted by atomic mass is 9.75. The van der Waals surface area contributed by atoms with Crippen LogP contribution in [-0.4, -0.2) is 48.0 Å². The standard InChI is InChI=1S/C26H31N3O2/c1-20-10-7-8-13-22(20)18-29-15-9-14-26(19-29,25(30)28(2)3)17-23-16-24(27-31-23)21-11-5-4-6-12-21/h4-8,10-13,16H,9,14-15,17-19H2,1-3H3/t26-/m1/s1. The predicted molar refractivity (Wildman–Crippen MR) is 122 cm³/mol. The Labute approximate surface area is 184 Å². The highest BCUT2D eigenvalue weighted by atomic mass is 16.5. The van der Waals surface area contributed by atoms with Crippen LogP contribution in [0.3, 0.4) is 0 Å². The van der Waals surface area contributed by atoms with Crippen LogP contribution >= 0.6 is 0 Å². The van der Waals surface area contributed by atoms with Crippen molar-refractivity contribution in [2.75, 3.05) is 27.2 Å². The number of benzene rings is 2. The van der Waals surface area contributed by atoms with Gasteiger partial charge in [-0.2, -0.15) is 0 Å². The Bertz CT molecular complexity index is 1030. The van der Waals surface area contributed by atoms with Crippen LogP contribution in [-0.2, 0) is 17.8 Å². The number of aryl methyl sites for hydroxylation is 1. The molecule has 0 bridgehead atoms. The van der Waals surface area contributed by atoms with Gasteiger partial charge in [0.15, 0.2) is 0 Å². The van der Waals surface area contributed by atoms with E-state index in [9.17, 15) is 4.79 Å². The Kier molecular flexibility index (Phi) is 6.23. The molecule has 2 heterocycles. The maximum Gasteiger partial charge on any atom is 0.230 e. The van der Waals surface area contributed by atoms with E-state index >= 15 is 0 Å². The number of rotatable bonds is 6. The molecule has 0 N–H and O–H groups in total. The van der Waals surface area contributed by atoms with Gasteiger partial charge in [0.25, 0.3) is 0 Å². The topological polar surface area (TPSA) is 49.6 Å². The number of amides is 1. The molecule has 1 aliphatic rings. The van der Waals surface area contributed by atoms with E-state index in [1.807, 2.05) is 50.5 Å². The molecule has 1 atom stereocenters. The molecule has 31 heavy (non-hydrogen) atoms. The fourth-order valence-corrected chi connectivity index (χ4v) is 4.73. The first-order valence-corrected chi connectivity index (χ1v) is 11.0. The number of hydrogen-bond donors (Lipinski definition) is 0. The zero-order valence-electron chi connectivity index (χ0n) is 18.7. The van der Waals surface area contributed by atoms with E-state index in [2.05, 4.69) is 41.2 Å². The lowest BCUT2D eigenvalue weighted by Gasteiger charge is -2.42. The van der Waals surface area contributed by atoms with Gasteiger partial charge >= 0.3 is 0 Å². The van der Waals surface area contributed by atoms with Crippen LogP contribution in [0.2, 0.25) is 0 Å². The number of nitrogens with zero attached hydrogens (tertiary/aromatic N) is 3. The normalized spacial score (nSPS) is 19.3. The first kappa shape index (κ1) is 21.3. The Balaban J connectivity index is 1.58. The van der Waals surface area contributed by atoms with Crippen molar-refractivity contribution in [2.45, 2.75) is 32.7 Å². The molecule has 0 spiro atoms. The largest absolute Gasteiger partial charge is 0.361 e. The van der Waals surface area contributed by atoms with Crippen LogP contribution < -0.4 is 0 Å². The molecular weight excluding hydrogens is 386 g/mol. The van der Waals surface area contributed by atoms with Crippen LogP contribution in [0.1, 0.15) is 29.7 Å². The Morgan fingerprint density at radius 1 is 1.13 bits per heavy atom. The quantitative estimate of drug-likeness (QED) is 0.590. The summed E-state index contributed by atoms with van der Waals surface area (Å²) in [5.41, 5.74) is 3.95. The molecule has 0 saturated carbocycles. The molecule has 0 aliphatic carbocycles. The van der Waals surface area contributed by atoms with E-state index in [1.54, 1.807) is 4.90 Å². The molecule has 0 unspecified atom stereocenters. The van der Waals surface area contributed by atoms with Crippen molar-refractivity contribution < 1.29 is 9.32 Å². The highest BCUT2D eigenvalue weighted by molar-refractivity contribution is 5.83. The van der Waals surface area contributed by atoms with Gasteiger partial charge in [-0.05, 0) is 37.4 Å². The molecule has 1 fully saturated rings. The first-order chi connectivity index (χ1) is 15.0. The van der Waals surface area contributed by atoms with E-state index in [1.165, 1.54) is 11.1 Å². The number of aromatic nitrogens is 1. The minimum atomic E-state index is -0.502. The zero-order valence-corrected chi connectivity index (χ0v) is 18.7. The molecule has 1 saturated heterocycles. The van der Waals surface area contributed by atoms with E-state index < -0.39 is 5.41 Å². The fraction of sp³-hybridized carbons (Fsp3) is 0.385. The first-order valence-electron chi connectivity index (χ1n) is 11.0. The second-order valence-corrected chi connectivity index (χ2v) is 8.94. The van der Waals surface area contributed by atoms with Crippen molar-refractivity contribution in [3.8, 4) is 11.3 Å². The van der Waals surface area contributed by atoms with Crippen LogP contribution in [0.25, 0.3) is 11.3 Å². The molecule has 0 radical (unpaired) electrons. The van der Waals surface area contributed by atoms with Crippen LogP contribution in [0.5, 0.6) is 0 Å². The lowest BCUT2D eigenvalue weighted by Crippen LogP contribution is -2.52. The van der Waals surface area contributed by atoms with Crippen LogP contribution in [0, 0.1) is 12.3 Å². The highest BCUT2D eigenvalue weighted by Crippen LogP contribution is 2.37. The summed E-state index contributed by atoms with van der Waals surface area (Å²) in [5, 5.41) is 4.27. The van der Waals surface area contributed by atoms with E-state index in [4.69, 9.17) is 4.52 Å². The number of carbonyl (C=O) groups is 1. The van der Waals surface area contributed by atoms with Gasteiger partial charge in [-0.1, -0.05) is 59.8 Å². The summed E-state index contributed by atoms with van der Waals surface area (Å²) in [6, 6.07) is 20.5. The molecule has 162 valence electrons. The number of carbonyl (C=O) groups excluding carboxylic acids is 1. The third-order valence-electron chi connectivity index (χ3n) is 6.31. The van der Waals surface area contributed by atoms with Gasteiger partial charge in [0.2, 0.25) is 5.91 Å². The molecule has 5 nitrogen and oxygen atoms in total. The highest BCUT2D eigenvalue weighted by Gasteiger charge is 2.44. The summed E-state index contributed by atoms with van der Waals surface area (Å²) >= 11 is 0. The summed E-state index contributed by atoms with van der Waals surface area (Å²) in [6.07, 6.45) is 2.41. The van der Waals surface area contributed by atoms with Gasteiger partial charge in [0, 0.05) is 45.2 Å². The molecule has 4 rings (SSSR count). The zero-order chi connectivity index (χ0) is 21.8. The average Bonchev–Trinajstić information content (AvgIpc) is 3.24. The Morgan fingerprint density at radius 3 is 2.61 bits per heavy atom. The molecule has 2 aromatic carbocycles. The van der Waals surface area contributed by atoms with E-state index in [0.717, 1.165) is 49.5 Å². The maximum atomic E-state index is 13.4. The van der Waals surface area contributed by atoms with E-state index in [0.29, 0.717) is 6.42 Å². The van der Waals surface area contributed by atoms with Gasteiger partial charge in [-0.15, -0.1) is 0 Å². The summed E-state index contributed by atoms with van der Waals surface area (Å²) in [4.78, 5) is 17.5. The van der Waals surface area contributed by atoms with Gasteiger partial charge in [0.05, 0.1) is 5.41 Å². The summed E-state index contributed by atoms with van der Waals surface area (Å²) < 4.78 is 5.71. The molecule has 3 aromatic rings. The lowest BCUT2D eigenvalue weighted by molar-refractivity contribution is -0.143. The minimum absolute atomic E-state index is 0.166. The second kappa shape index (κ2) is 9.06. The van der Waals surface area contributed by atoms with Gasteiger partial charge in [-0.3, -0.25) is 9.69 Å². The van der Waals surface area contributed by atoms with Gasteiger partial charge in [-0.25, -0.2) is 0 Å². The summed E-state index contributed by atoms with van der Waals surface area (Å²) in [7, 11) is 3.69. The van der Waals surface area contributed by atoms with Gasteiger partial charge < -0.3 is 9.42 Å². The number of hydrogen-bond acceptors (Lipinski definition) is 4. The SMILES string of the molecule is Cc1ccccc1CN1CCC[C@](Cc2cc(-c3ccccc3)no2)(C(=O)N(C)C)C1. The molecule has 1 aromatic heterocycles. The Morgan fingerprint density at radius 2 is 1.87 bits per heavy atom. The third kappa shape index (κ3) is 4.72. The predicted octanol–water partition coefficient (Wildman–Crippen LogP) is 4.56. The number of likely N-dealkylation sites (tertiary alicyclic amines) is 1. The second-order valence-electron chi connectivity index (χ2n) is 8.94. The third-order valence-corrected chi connectivity index (χ3v) is 6.31. The number of piperidine rings is 1. The van der Waals surface area contributed by atoms with Crippen molar-refractivity contribution >= 4 is 5.91 Å². The van der Waals surface area contributed by atoms with E-state index in [-0.39, 0.29) is 5.91 Å². The summed E-state index contributed by atoms with van der Waals surface area (Å²) in [6.45, 7) is 4.74. The van der Waals surface area contributed by atoms with Crippen LogP contribution in [0.4, 0.5) is 0 Å². The van der Waals surface area contributed by atoms with Crippen molar-refractivity contribution in [3.05, 3.63) is 77.6 Å².